The van der Waals surface area contributed by atoms with Gasteiger partial charge < -0.3 is 10.5 Å². The van der Waals surface area contributed by atoms with Crippen molar-refractivity contribution < 1.29 is 9.53 Å². The second kappa shape index (κ2) is 10.2. The maximum Gasteiger partial charge on any atom is 0.413 e. The molecule has 0 saturated carbocycles. The van der Waals surface area contributed by atoms with Gasteiger partial charge >= 0.3 is 6.09 Å². The molecule has 2 aromatic rings. The number of ether oxygens (including phenoxy) is 1. The van der Waals surface area contributed by atoms with E-state index in [4.69, 9.17) is 15.9 Å². The van der Waals surface area contributed by atoms with Crippen molar-refractivity contribution in [3.63, 3.8) is 0 Å². The van der Waals surface area contributed by atoms with Crippen molar-refractivity contribution in [2.75, 3.05) is 0 Å². The van der Waals surface area contributed by atoms with Gasteiger partial charge in [0.05, 0.1) is 4.88 Å². The van der Waals surface area contributed by atoms with Crippen LogP contribution < -0.4 is 11.1 Å². The van der Waals surface area contributed by atoms with Gasteiger partial charge in [0.2, 0.25) is 0 Å². The first-order valence-electron chi connectivity index (χ1n) is 6.04. The number of rotatable bonds is 4. The van der Waals surface area contributed by atoms with Crippen molar-refractivity contribution in [2.24, 2.45) is 5.73 Å². The van der Waals surface area contributed by atoms with Gasteiger partial charge in [-0.05, 0) is 17.7 Å². The highest BCUT2D eigenvalue weighted by atomic mass is 35.5. The number of hydrogen-bond donors (Lipinski definition) is 3. The smallest absolute Gasteiger partial charge is 0.413 e. The molecule has 4 N–H and O–H groups in total. The second-order valence-electron chi connectivity index (χ2n) is 4.03. The summed E-state index contributed by atoms with van der Waals surface area (Å²) in [4.78, 5) is 13.2. The molecule has 8 heteroatoms. The van der Waals surface area contributed by atoms with Gasteiger partial charge in [-0.3, -0.25) is 10.7 Å². The van der Waals surface area contributed by atoms with E-state index in [0.717, 1.165) is 10.4 Å². The van der Waals surface area contributed by atoms with Gasteiger partial charge in [0.15, 0.2) is 0 Å². The zero-order valence-electron chi connectivity index (χ0n) is 11.6. The number of amidine groups is 1. The van der Waals surface area contributed by atoms with Gasteiger partial charge in [0, 0.05) is 11.4 Å². The lowest BCUT2D eigenvalue weighted by molar-refractivity contribution is 0.145. The highest BCUT2D eigenvalue weighted by Crippen LogP contribution is 2.15. The molecule has 0 aliphatic carbocycles. The zero-order valence-corrected chi connectivity index (χ0v) is 14.0. The molecule has 0 atom stereocenters. The van der Waals surface area contributed by atoms with Gasteiger partial charge in [-0.2, -0.15) is 0 Å². The van der Waals surface area contributed by atoms with Crippen molar-refractivity contribution >= 4 is 48.1 Å². The van der Waals surface area contributed by atoms with Crippen LogP contribution in [0.5, 0.6) is 0 Å². The number of alkyl carbamates (subject to hydrolysis) is 1. The molecule has 0 unspecified atom stereocenters. The molecule has 0 aliphatic heterocycles. The molecule has 0 spiro atoms. The van der Waals surface area contributed by atoms with Crippen LogP contribution in [-0.2, 0) is 17.9 Å². The summed E-state index contributed by atoms with van der Waals surface area (Å²) in [5.74, 6) is 0.0211. The van der Waals surface area contributed by atoms with Gasteiger partial charge in [0.1, 0.15) is 12.4 Å². The van der Waals surface area contributed by atoms with Crippen LogP contribution in [0, 0.1) is 5.41 Å². The molecule has 1 amide bonds. The topological polar surface area (TPSA) is 88.2 Å². The molecule has 1 heterocycles. The molecule has 1 aromatic heterocycles. The normalized spacial score (nSPS) is 9.14. The van der Waals surface area contributed by atoms with E-state index in [1.165, 1.54) is 11.3 Å². The number of nitrogens with two attached hydrogens (primary N) is 1. The Morgan fingerprint density at radius 3 is 2.45 bits per heavy atom. The van der Waals surface area contributed by atoms with Crippen LogP contribution in [0.4, 0.5) is 4.79 Å². The number of hydrogen-bond acceptors (Lipinski definition) is 5. The molecule has 0 radical (unpaired) electrons. The Hall–Kier alpha value is -1.60. The third-order valence-electron chi connectivity index (χ3n) is 2.55. The fourth-order valence-corrected chi connectivity index (χ4v) is 2.34. The molecule has 2 rings (SSSR count). The summed E-state index contributed by atoms with van der Waals surface area (Å²) in [7, 11) is 0. The van der Waals surface area contributed by atoms with Crippen LogP contribution in [-0.4, -0.2) is 11.9 Å². The summed E-state index contributed by atoms with van der Waals surface area (Å²) in [5, 5.41) is 10.2. The van der Waals surface area contributed by atoms with Gasteiger partial charge in [-0.15, -0.1) is 36.2 Å². The Labute approximate surface area is 145 Å². The lowest BCUT2D eigenvalue weighted by Gasteiger charge is -2.06. The van der Waals surface area contributed by atoms with Crippen LogP contribution in [0.15, 0.2) is 42.5 Å². The number of nitrogens with one attached hydrogen (secondary N) is 2. The standard InChI is InChI=1S/C14H15N3O2S.2ClH/c15-8-11-6-7-12(20-11)13(16)17-14(18)19-9-10-4-2-1-3-5-10;;/h1-7H,8-9,15H2,(H2,16,17,18);2*1H. The van der Waals surface area contributed by atoms with Crippen LogP contribution in [0.1, 0.15) is 15.3 Å². The number of carbonyl (C=O) groups excluding carboxylic acids is 1. The van der Waals surface area contributed by atoms with Crippen LogP contribution >= 0.6 is 36.2 Å². The minimum Gasteiger partial charge on any atom is -0.444 e. The molecular weight excluding hydrogens is 345 g/mol. The first-order chi connectivity index (χ1) is 9.69. The average Bonchev–Trinajstić information content (AvgIpc) is 2.95. The monoisotopic (exact) mass is 361 g/mol. The van der Waals surface area contributed by atoms with Crippen molar-refractivity contribution in [3.05, 3.63) is 57.8 Å². The maximum atomic E-state index is 11.6. The third kappa shape index (κ3) is 6.03. The Morgan fingerprint density at radius 2 is 1.86 bits per heavy atom. The van der Waals surface area contributed by atoms with Crippen molar-refractivity contribution in [2.45, 2.75) is 13.2 Å². The van der Waals surface area contributed by atoms with Gasteiger partial charge in [-0.25, -0.2) is 4.79 Å². The number of carbonyl (C=O) groups is 1. The lowest BCUT2D eigenvalue weighted by Crippen LogP contribution is -2.30. The second-order valence-corrected chi connectivity index (χ2v) is 5.20. The Kier molecular flexibility index (Phi) is 9.44. The van der Waals surface area contributed by atoms with E-state index in [0.29, 0.717) is 11.4 Å². The van der Waals surface area contributed by atoms with E-state index < -0.39 is 6.09 Å². The van der Waals surface area contributed by atoms with E-state index in [-0.39, 0.29) is 37.3 Å². The molecule has 0 aliphatic rings. The maximum absolute atomic E-state index is 11.6. The summed E-state index contributed by atoms with van der Waals surface area (Å²) in [6.07, 6.45) is -0.637. The summed E-state index contributed by atoms with van der Waals surface area (Å²) < 4.78 is 5.04. The molecule has 1 aromatic carbocycles. The highest BCUT2D eigenvalue weighted by Gasteiger charge is 2.10. The lowest BCUT2D eigenvalue weighted by atomic mass is 10.2. The molecule has 22 heavy (non-hydrogen) atoms. The van der Waals surface area contributed by atoms with E-state index in [2.05, 4.69) is 5.32 Å². The SMILES string of the molecule is Cl.Cl.N=C(NC(=O)OCc1ccccc1)c1ccc(CN)s1. The summed E-state index contributed by atoms with van der Waals surface area (Å²) >= 11 is 1.38. The predicted octanol–water partition coefficient (Wildman–Crippen LogP) is 3.30. The summed E-state index contributed by atoms with van der Waals surface area (Å²) in [6.45, 7) is 0.606. The first-order valence-corrected chi connectivity index (χ1v) is 6.86. The van der Waals surface area contributed by atoms with Crippen LogP contribution in [0.3, 0.4) is 0 Å². The predicted molar refractivity (Wildman–Crippen MR) is 93.3 cm³/mol. The number of amides is 1. The Morgan fingerprint density at radius 1 is 1.18 bits per heavy atom. The van der Waals surface area contributed by atoms with Crippen molar-refractivity contribution in [1.29, 1.82) is 5.41 Å². The van der Waals surface area contributed by atoms with Crippen LogP contribution in [0.25, 0.3) is 0 Å². The number of thiophene rings is 1. The summed E-state index contributed by atoms with van der Waals surface area (Å²) in [6, 6.07) is 13.0. The molecule has 120 valence electrons. The van der Waals surface area contributed by atoms with E-state index in [1.807, 2.05) is 36.4 Å². The van der Waals surface area contributed by atoms with Crippen molar-refractivity contribution in [3.8, 4) is 0 Å². The van der Waals surface area contributed by atoms with E-state index >= 15 is 0 Å². The minimum absolute atomic E-state index is 0. The molecule has 0 saturated heterocycles. The Balaban J connectivity index is 0.00000220. The average molecular weight is 362 g/mol. The Bertz CT molecular complexity index is 605. The number of halogens is 2. The molecule has 0 fully saturated rings. The molecule has 5 nitrogen and oxygen atoms in total. The summed E-state index contributed by atoms with van der Waals surface area (Å²) in [5.41, 5.74) is 6.40. The first kappa shape index (κ1) is 20.4. The quantitative estimate of drug-likeness (QED) is 0.576. The van der Waals surface area contributed by atoms with E-state index in [9.17, 15) is 4.79 Å². The van der Waals surface area contributed by atoms with E-state index in [1.54, 1.807) is 6.07 Å². The van der Waals surface area contributed by atoms with Gasteiger partial charge in [-0.1, -0.05) is 30.3 Å². The minimum atomic E-state index is -0.637. The molecule has 0 bridgehead atoms. The zero-order chi connectivity index (χ0) is 14.4. The van der Waals surface area contributed by atoms with Gasteiger partial charge in [0.25, 0.3) is 0 Å². The van der Waals surface area contributed by atoms with Crippen molar-refractivity contribution in [1.82, 2.24) is 5.32 Å². The molecular formula is C14H17Cl2N3O2S. The fourth-order valence-electron chi connectivity index (χ4n) is 1.54. The number of benzene rings is 1. The van der Waals surface area contributed by atoms with Crippen LogP contribution in [0.2, 0.25) is 0 Å². The fraction of sp³-hybridized carbons (Fsp3) is 0.143. The third-order valence-corrected chi connectivity index (χ3v) is 3.67. The highest BCUT2D eigenvalue weighted by molar-refractivity contribution is 7.14. The largest absolute Gasteiger partial charge is 0.444 e.